The molecule has 1 saturated carbocycles. The first-order valence-corrected chi connectivity index (χ1v) is 9.28. The van der Waals surface area contributed by atoms with Crippen molar-refractivity contribution in [1.29, 1.82) is 0 Å². The zero-order valence-corrected chi connectivity index (χ0v) is 16.1. The molecule has 1 aromatic carbocycles. The average Bonchev–Trinajstić information content (AvgIpc) is 2.68. The molecule has 1 fully saturated rings. The number of hydrogen-bond donors (Lipinski definition) is 2. The van der Waals surface area contributed by atoms with Crippen LogP contribution in [0.2, 0.25) is 0 Å². The summed E-state index contributed by atoms with van der Waals surface area (Å²) in [5, 5.41) is 5.41. The minimum absolute atomic E-state index is 0.120. The zero-order valence-electron chi connectivity index (χ0n) is 16.1. The molecule has 2 N–H and O–H groups in total. The van der Waals surface area contributed by atoms with Crippen LogP contribution in [-0.2, 0) is 14.3 Å². The van der Waals surface area contributed by atoms with Gasteiger partial charge in [0.1, 0.15) is 12.3 Å². The molecule has 0 aromatic heterocycles. The maximum Gasteiger partial charge on any atom is 0.325 e. The van der Waals surface area contributed by atoms with E-state index >= 15 is 0 Å². The summed E-state index contributed by atoms with van der Waals surface area (Å²) in [5.41, 5.74) is 0.404. The summed E-state index contributed by atoms with van der Waals surface area (Å²) in [6.07, 6.45) is 3.22. The number of benzene rings is 1. The maximum absolute atomic E-state index is 12.0. The molecule has 0 aliphatic heterocycles. The number of ether oxygens (including phenoxy) is 2. The number of rotatable bonds is 7. The number of hydrogen-bond acceptors (Lipinski definition) is 5. The topological polar surface area (TPSA) is 93.7 Å². The molecule has 0 bridgehead atoms. The lowest BCUT2D eigenvalue weighted by Gasteiger charge is -2.34. The highest BCUT2D eigenvalue weighted by atomic mass is 16.5. The normalized spacial score (nSPS) is 21.8. The summed E-state index contributed by atoms with van der Waals surface area (Å²) in [7, 11) is 1.54. The molecule has 1 aromatic rings. The average molecular weight is 376 g/mol. The zero-order chi connectivity index (χ0) is 19.8. The van der Waals surface area contributed by atoms with Gasteiger partial charge in [-0.1, -0.05) is 26.7 Å². The molecule has 148 valence electrons. The molecule has 0 unspecified atom stereocenters. The lowest BCUT2D eigenvalue weighted by Crippen LogP contribution is -2.45. The smallest absolute Gasteiger partial charge is 0.325 e. The Balaban J connectivity index is 1.69. The molecule has 0 radical (unpaired) electrons. The third-order valence-corrected chi connectivity index (χ3v) is 5.16. The molecule has 0 spiro atoms. The van der Waals surface area contributed by atoms with Crippen molar-refractivity contribution in [3.63, 3.8) is 0 Å². The largest absolute Gasteiger partial charge is 0.497 e. The molecule has 0 saturated heterocycles. The van der Waals surface area contributed by atoms with Crippen LogP contribution in [0.3, 0.4) is 0 Å². The summed E-state index contributed by atoms with van der Waals surface area (Å²) >= 11 is 0. The van der Waals surface area contributed by atoms with E-state index in [1.54, 1.807) is 24.3 Å². The fraction of sp³-hybridized carbons (Fsp3) is 0.550. The lowest BCUT2D eigenvalue weighted by molar-refractivity contribution is -0.147. The predicted octanol–water partition coefficient (Wildman–Crippen LogP) is 1.91. The molecule has 1 aliphatic rings. The third-order valence-electron chi connectivity index (χ3n) is 5.16. The van der Waals surface area contributed by atoms with Crippen LogP contribution in [-0.4, -0.2) is 44.1 Å². The van der Waals surface area contributed by atoms with E-state index in [0.29, 0.717) is 23.1 Å². The third kappa shape index (κ3) is 6.27. The van der Waals surface area contributed by atoms with Crippen molar-refractivity contribution in [2.24, 2.45) is 11.8 Å². The number of nitrogens with one attached hydrogen (secondary N) is 2. The fourth-order valence-electron chi connectivity index (χ4n) is 3.23. The number of carbonyl (C=O) groups excluding carboxylic acids is 3. The van der Waals surface area contributed by atoms with Gasteiger partial charge in [0, 0.05) is 11.6 Å². The van der Waals surface area contributed by atoms with Crippen LogP contribution >= 0.6 is 0 Å². The fourth-order valence-corrected chi connectivity index (χ4v) is 3.23. The van der Waals surface area contributed by atoms with Gasteiger partial charge in [-0.15, -0.1) is 0 Å². The van der Waals surface area contributed by atoms with Crippen LogP contribution in [0.1, 0.15) is 43.5 Å². The van der Waals surface area contributed by atoms with Crippen molar-refractivity contribution in [3.05, 3.63) is 29.8 Å². The van der Waals surface area contributed by atoms with Gasteiger partial charge in [0.25, 0.3) is 11.8 Å². The molecule has 2 rings (SSSR count). The SMILES string of the molecule is COc1ccc(C(=O)NCC(=O)OCC(=O)N[C@@H]2CCC[C@H](C)[C@H]2C)cc1. The van der Waals surface area contributed by atoms with Crippen LogP contribution in [0.25, 0.3) is 0 Å². The standard InChI is InChI=1S/C20H28N2O5/c1-13-5-4-6-17(14(13)2)22-18(23)12-27-19(24)11-21-20(25)15-7-9-16(26-3)10-8-15/h7-10,13-14,17H,4-6,11-12H2,1-3H3,(H,21,25)(H,22,23)/t13-,14+,17+/m0/s1. The van der Waals surface area contributed by atoms with Crippen molar-refractivity contribution in [2.75, 3.05) is 20.3 Å². The summed E-state index contributed by atoms with van der Waals surface area (Å²) in [4.78, 5) is 35.7. The number of amides is 2. The highest BCUT2D eigenvalue weighted by Crippen LogP contribution is 2.29. The van der Waals surface area contributed by atoms with E-state index < -0.39 is 11.9 Å². The van der Waals surface area contributed by atoms with Crippen molar-refractivity contribution in [2.45, 2.75) is 39.2 Å². The number of methoxy groups -OCH3 is 1. The van der Waals surface area contributed by atoms with Gasteiger partial charge in [-0.3, -0.25) is 14.4 Å². The van der Waals surface area contributed by atoms with Crippen molar-refractivity contribution in [1.82, 2.24) is 10.6 Å². The molecule has 0 heterocycles. The van der Waals surface area contributed by atoms with E-state index in [1.807, 2.05) is 0 Å². The highest BCUT2D eigenvalue weighted by molar-refractivity contribution is 5.96. The molecule has 2 amide bonds. The first kappa shape index (κ1) is 20.7. The Morgan fingerprint density at radius 2 is 1.81 bits per heavy atom. The molecule has 27 heavy (non-hydrogen) atoms. The molecule has 1 aliphatic carbocycles. The van der Waals surface area contributed by atoms with Crippen molar-refractivity contribution >= 4 is 17.8 Å². The Hall–Kier alpha value is -2.57. The molecule has 7 nitrogen and oxygen atoms in total. The summed E-state index contributed by atoms with van der Waals surface area (Å²) < 4.78 is 9.97. The first-order chi connectivity index (χ1) is 12.9. The molecular formula is C20H28N2O5. The number of esters is 1. The van der Waals surface area contributed by atoms with Crippen LogP contribution in [0.4, 0.5) is 0 Å². The van der Waals surface area contributed by atoms with E-state index in [9.17, 15) is 14.4 Å². The summed E-state index contributed by atoms with van der Waals surface area (Å²) in [5.74, 6) is 0.248. The number of carbonyl (C=O) groups is 3. The van der Waals surface area contributed by atoms with Gasteiger partial charge in [-0.25, -0.2) is 0 Å². The molecule has 7 heteroatoms. The second kappa shape index (κ2) is 9.94. The second-order valence-corrected chi connectivity index (χ2v) is 7.01. The summed E-state index contributed by atoms with van der Waals surface area (Å²) in [6, 6.07) is 6.63. The Bertz CT molecular complexity index is 659. The van der Waals surface area contributed by atoms with E-state index in [0.717, 1.165) is 12.8 Å². The van der Waals surface area contributed by atoms with E-state index in [2.05, 4.69) is 24.5 Å². The van der Waals surface area contributed by atoms with Gasteiger partial charge in [0.15, 0.2) is 6.61 Å². The maximum atomic E-state index is 12.0. The Morgan fingerprint density at radius 1 is 1.11 bits per heavy atom. The van der Waals surface area contributed by atoms with Crippen molar-refractivity contribution < 1.29 is 23.9 Å². The van der Waals surface area contributed by atoms with E-state index in [-0.39, 0.29) is 25.1 Å². The van der Waals surface area contributed by atoms with E-state index in [1.165, 1.54) is 13.5 Å². The summed E-state index contributed by atoms with van der Waals surface area (Å²) in [6.45, 7) is 3.69. The second-order valence-electron chi connectivity index (χ2n) is 7.01. The Morgan fingerprint density at radius 3 is 2.48 bits per heavy atom. The molecule has 3 atom stereocenters. The predicted molar refractivity (Wildman–Crippen MR) is 100 cm³/mol. The van der Waals surface area contributed by atoms with E-state index in [4.69, 9.17) is 9.47 Å². The minimum Gasteiger partial charge on any atom is -0.497 e. The first-order valence-electron chi connectivity index (χ1n) is 9.28. The van der Waals surface area contributed by atoms with Gasteiger partial charge in [-0.2, -0.15) is 0 Å². The Kier molecular flexibility index (Phi) is 7.64. The van der Waals surface area contributed by atoms with Gasteiger partial charge in [0.2, 0.25) is 0 Å². The lowest BCUT2D eigenvalue weighted by atomic mass is 9.78. The molecular weight excluding hydrogens is 348 g/mol. The van der Waals surface area contributed by atoms with Crippen LogP contribution in [0.5, 0.6) is 5.75 Å². The van der Waals surface area contributed by atoms with Crippen molar-refractivity contribution in [3.8, 4) is 5.75 Å². The van der Waals surface area contributed by atoms with Gasteiger partial charge >= 0.3 is 5.97 Å². The van der Waals surface area contributed by atoms with Gasteiger partial charge < -0.3 is 20.1 Å². The minimum atomic E-state index is -0.655. The Labute approximate surface area is 159 Å². The highest BCUT2D eigenvalue weighted by Gasteiger charge is 2.28. The van der Waals surface area contributed by atoms with Gasteiger partial charge in [0.05, 0.1) is 7.11 Å². The quantitative estimate of drug-likeness (QED) is 0.709. The van der Waals surface area contributed by atoms with Crippen LogP contribution < -0.4 is 15.4 Å². The monoisotopic (exact) mass is 376 g/mol. The van der Waals surface area contributed by atoms with Crippen LogP contribution in [0, 0.1) is 11.8 Å². The van der Waals surface area contributed by atoms with Gasteiger partial charge in [-0.05, 0) is 42.5 Å². The van der Waals surface area contributed by atoms with Crippen LogP contribution in [0.15, 0.2) is 24.3 Å².